The SMILES string of the molecule is CC(C)Oc1cc2c(cc1Nc1ncc(Cl)c(Nc3ccccc3S(=O)(=O)N(C)C)n1)CNC2. The van der Waals surface area contributed by atoms with E-state index in [0.717, 1.165) is 23.1 Å². The molecule has 4 rings (SSSR count). The van der Waals surface area contributed by atoms with E-state index < -0.39 is 10.0 Å². The van der Waals surface area contributed by atoms with Gasteiger partial charge in [0, 0.05) is 27.2 Å². The Bertz CT molecular complexity index is 1310. The zero-order valence-corrected chi connectivity index (χ0v) is 21.0. The van der Waals surface area contributed by atoms with Gasteiger partial charge in [-0.2, -0.15) is 4.98 Å². The lowest BCUT2D eigenvalue weighted by atomic mass is 10.1. The molecule has 1 aliphatic rings. The van der Waals surface area contributed by atoms with E-state index in [1.807, 2.05) is 26.0 Å². The molecule has 0 amide bonds. The Morgan fingerprint density at radius 2 is 1.79 bits per heavy atom. The highest BCUT2D eigenvalue weighted by molar-refractivity contribution is 7.89. The second kappa shape index (κ2) is 9.75. The lowest BCUT2D eigenvalue weighted by Crippen LogP contribution is -2.23. The van der Waals surface area contributed by atoms with Crippen molar-refractivity contribution in [3.8, 4) is 5.75 Å². The minimum absolute atomic E-state index is 0.00789. The summed E-state index contributed by atoms with van der Waals surface area (Å²) in [6.45, 7) is 5.51. The number of rotatable bonds is 8. The molecule has 180 valence electrons. The van der Waals surface area contributed by atoms with Crippen LogP contribution in [-0.4, -0.2) is 42.9 Å². The van der Waals surface area contributed by atoms with Gasteiger partial charge in [0.15, 0.2) is 5.82 Å². The predicted molar refractivity (Wildman–Crippen MR) is 134 cm³/mol. The van der Waals surface area contributed by atoms with Crippen LogP contribution in [0.4, 0.5) is 23.1 Å². The van der Waals surface area contributed by atoms with Crippen LogP contribution in [-0.2, 0) is 23.1 Å². The molecule has 2 aromatic carbocycles. The maximum Gasteiger partial charge on any atom is 0.244 e. The van der Waals surface area contributed by atoms with E-state index in [0.29, 0.717) is 17.4 Å². The highest BCUT2D eigenvalue weighted by atomic mass is 35.5. The molecule has 0 saturated heterocycles. The molecule has 9 nitrogen and oxygen atoms in total. The van der Waals surface area contributed by atoms with Gasteiger partial charge >= 0.3 is 0 Å². The van der Waals surface area contributed by atoms with E-state index in [-0.39, 0.29) is 21.8 Å². The van der Waals surface area contributed by atoms with Crippen LogP contribution < -0.4 is 20.7 Å². The van der Waals surface area contributed by atoms with Crippen LogP contribution in [0.5, 0.6) is 5.75 Å². The third kappa shape index (κ3) is 5.10. The van der Waals surface area contributed by atoms with Gasteiger partial charge in [0.05, 0.1) is 23.7 Å². The largest absolute Gasteiger partial charge is 0.489 e. The molecular weight excluding hydrogens is 476 g/mol. The Kier molecular flexibility index (Phi) is 6.94. The first kappa shape index (κ1) is 24.2. The van der Waals surface area contributed by atoms with Crippen molar-refractivity contribution in [2.45, 2.75) is 37.9 Å². The zero-order chi connectivity index (χ0) is 24.5. The number of nitrogens with zero attached hydrogens (tertiary/aromatic N) is 3. The van der Waals surface area contributed by atoms with Crippen molar-refractivity contribution in [3.05, 3.63) is 58.7 Å². The van der Waals surface area contributed by atoms with Crippen molar-refractivity contribution >= 4 is 44.8 Å². The smallest absolute Gasteiger partial charge is 0.244 e. The maximum absolute atomic E-state index is 12.7. The average molecular weight is 503 g/mol. The van der Waals surface area contributed by atoms with Gasteiger partial charge in [-0.25, -0.2) is 17.7 Å². The number of sulfonamides is 1. The fourth-order valence-electron chi connectivity index (χ4n) is 3.53. The molecule has 3 N–H and O–H groups in total. The Hall–Kier alpha value is -2.92. The Morgan fingerprint density at radius 1 is 1.09 bits per heavy atom. The number of halogens is 1. The van der Waals surface area contributed by atoms with Crippen LogP contribution in [0.15, 0.2) is 47.5 Å². The van der Waals surface area contributed by atoms with Crippen molar-refractivity contribution in [2.75, 3.05) is 24.7 Å². The van der Waals surface area contributed by atoms with Gasteiger partial charge in [-0.05, 0) is 49.2 Å². The first-order valence-electron chi connectivity index (χ1n) is 10.8. The van der Waals surface area contributed by atoms with E-state index in [1.54, 1.807) is 18.2 Å². The lowest BCUT2D eigenvalue weighted by Gasteiger charge is -2.18. The molecular formula is C23H27ClN6O3S. The standard InChI is InChI=1S/C23H27ClN6O3S/c1-14(2)33-20-10-16-12-25-11-15(16)9-19(20)28-23-26-13-17(24)22(29-23)27-18-7-5-6-8-21(18)34(31,32)30(3)4/h5-10,13-14,25H,11-12H2,1-4H3,(H2,26,27,28,29). The van der Waals surface area contributed by atoms with Crippen LogP contribution >= 0.6 is 11.6 Å². The minimum Gasteiger partial charge on any atom is -0.489 e. The van der Waals surface area contributed by atoms with E-state index in [9.17, 15) is 8.42 Å². The van der Waals surface area contributed by atoms with E-state index >= 15 is 0 Å². The molecule has 1 aliphatic heterocycles. The summed E-state index contributed by atoms with van der Waals surface area (Å²) in [6, 6.07) is 10.6. The number of para-hydroxylation sites is 1. The third-order valence-corrected chi connectivity index (χ3v) is 7.33. The van der Waals surface area contributed by atoms with Gasteiger partial charge in [-0.1, -0.05) is 23.7 Å². The number of anilines is 4. The van der Waals surface area contributed by atoms with Crippen molar-refractivity contribution < 1.29 is 13.2 Å². The number of hydrogen-bond acceptors (Lipinski definition) is 8. The second-order valence-corrected chi connectivity index (χ2v) is 10.8. The highest BCUT2D eigenvalue weighted by Gasteiger charge is 2.22. The number of ether oxygens (including phenoxy) is 1. The first-order valence-corrected chi connectivity index (χ1v) is 12.6. The Labute approximate surface area is 204 Å². The summed E-state index contributed by atoms with van der Waals surface area (Å²) >= 11 is 6.35. The molecule has 0 aliphatic carbocycles. The van der Waals surface area contributed by atoms with Gasteiger partial charge in [0.1, 0.15) is 15.7 Å². The third-order valence-electron chi connectivity index (χ3n) is 5.18. The predicted octanol–water partition coefficient (Wildman–Crippen LogP) is 4.26. The van der Waals surface area contributed by atoms with Crippen molar-refractivity contribution in [2.24, 2.45) is 0 Å². The lowest BCUT2D eigenvalue weighted by molar-refractivity contribution is 0.243. The van der Waals surface area contributed by atoms with Gasteiger partial charge in [-0.15, -0.1) is 0 Å². The topological polar surface area (TPSA) is 108 Å². The number of hydrogen-bond donors (Lipinski definition) is 3. The molecule has 0 fully saturated rings. The molecule has 34 heavy (non-hydrogen) atoms. The van der Waals surface area contributed by atoms with Crippen LogP contribution in [0.3, 0.4) is 0 Å². The highest BCUT2D eigenvalue weighted by Crippen LogP contribution is 2.34. The first-order chi connectivity index (χ1) is 16.1. The molecule has 0 radical (unpaired) electrons. The van der Waals surface area contributed by atoms with Crippen molar-refractivity contribution in [1.29, 1.82) is 0 Å². The molecule has 0 spiro atoms. The summed E-state index contributed by atoms with van der Waals surface area (Å²) in [5, 5.41) is 9.85. The van der Waals surface area contributed by atoms with E-state index in [1.165, 1.54) is 37.5 Å². The van der Waals surface area contributed by atoms with Gasteiger partial charge in [0.2, 0.25) is 16.0 Å². The molecule has 0 unspecified atom stereocenters. The number of benzene rings is 2. The van der Waals surface area contributed by atoms with Crippen molar-refractivity contribution in [3.63, 3.8) is 0 Å². The fraction of sp³-hybridized carbons (Fsp3) is 0.304. The second-order valence-electron chi connectivity index (χ2n) is 8.31. The summed E-state index contributed by atoms with van der Waals surface area (Å²) in [4.78, 5) is 8.91. The van der Waals surface area contributed by atoms with Gasteiger partial charge in [-0.3, -0.25) is 0 Å². The molecule has 0 saturated carbocycles. The van der Waals surface area contributed by atoms with Crippen LogP contribution in [0.2, 0.25) is 5.02 Å². The van der Waals surface area contributed by atoms with Crippen LogP contribution in [0.1, 0.15) is 25.0 Å². The summed E-state index contributed by atoms with van der Waals surface area (Å²) < 4.78 is 32.6. The monoisotopic (exact) mass is 502 g/mol. The van der Waals surface area contributed by atoms with Crippen LogP contribution in [0, 0.1) is 0 Å². The molecule has 0 bridgehead atoms. The number of nitrogens with one attached hydrogen (secondary N) is 3. The van der Waals surface area contributed by atoms with Gasteiger partial charge in [0.25, 0.3) is 0 Å². The molecule has 3 aromatic rings. The molecule has 11 heteroatoms. The van der Waals surface area contributed by atoms with Crippen LogP contribution in [0.25, 0.3) is 0 Å². The molecule has 1 aromatic heterocycles. The Morgan fingerprint density at radius 3 is 2.50 bits per heavy atom. The van der Waals surface area contributed by atoms with E-state index in [4.69, 9.17) is 16.3 Å². The summed E-state index contributed by atoms with van der Waals surface area (Å²) in [6.07, 6.45) is 1.45. The fourth-order valence-corrected chi connectivity index (χ4v) is 4.71. The van der Waals surface area contributed by atoms with Gasteiger partial charge < -0.3 is 20.7 Å². The number of aromatic nitrogens is 2. The quantitative estimate of drug-likeness (QED) is 0.419. The summed E-state index contributed by atoms with van der Waals surface area (Å²) in [7, 11) is -0.714. The molecule has 0 atom stereocenters. The molecule has 2 heterocycles. The van der Waals surface area contributed by atoms with E-state index in [2.05, 4.69) is 25.9 Å². The normalized spacial score (nSPS) is 13.3. The minimum atomic E-state index is -3.68. The zero-order valence-electron chi connectivity index (χ0n) is 19.4. The summed E-state index contributed by atoms with van der Waals surface area (Å²) in [5.74, 6) is 1.27. The Balaban J connectivity index is 1.67. The summed E-state index contributed by atoms with van der Waals surface area (Å²) in [5.41, 5.74) is 3.46. The number of fused-ring (bicyclic) bond motifs is 1. The average Bonchev–Trinajstić information content (AvgIpc) is 3.23. The maximum atomic E-state index is 12.7. The van der Waals surface area contributed by atoms with Crippen molar-refractivity contribution in [1.82, 2.24) is 19.6 Å².